The highest BCUT2D eigenvalue weighted by Crippen LogP contribution is 2.41. The second-order valence-electron chi connectivity index (χ2n) is 17.0. The molecule has 2 heterocycles. The standard InChI is InChI=1S/C52H85N3O5S/c1-6-9-11-13-15-17-19-21-23-25-27-29-31-33-35-38-48(57)55(49(58)39-36-34-32-30-28-26-24-22-20-18-16-14-12-10-7-2)51-50(52(59)60-8-3)45-41-43-54(44-46(45)61-51)47(56)40-37-42-53(4)5/h15-18,21-24H,6-14,19-20,25-44H2,1-5H3/b17-15-,18-16-,23-21-,24-22-. The van der Waals surface area contributed by atoms with E-state index in [1.807, 2.05) is 19.0 Å². The van der Waals surface area contributed by atoms with Gasteiger partial charge in [0.05, 0.1) is 18.7 Å². The van der Waals surface area contributed by atoms with Crippen molar-refractivity contribution in [2.45, 2.75) is 201 Å². The van der Waals surface area contributed by atoms with Gasteiger partial charge in [0.25, 0.3) is 0 Å². The van der Waals surface area contributed by atoms with Crippen molar-refractivity contribution in [1.29, 1.82) is 0 Å². The van der Waals surface area contributed by atoms with Gasteiger partial charge in [0.15, 0.2) is 0 Å². The average Bonchev–Trinajstić information content (AvgIpc) is 3.61. The minimum absolute atomic E-state index is 0.0897. The lowest BCUT2D eigenvalue weighted by molar-refractivity contribution is -0.132. The Morgan fingerprint density at radius 1 is 0.607 bits per heavy atom. The summed E-state index contributed by atoms with van der Waals surface area (Å²) in [5.74, 6) is -0.912. The number of anilines is 1. The van der Waals surface area contributed by atoms with Gasteiger partial charge in [0.1, 0.15) is 5.00 Å². The molecule has 61 heavy (non-hydrogen) atoms. The van der Waals surface area contributed by atoms with Crippen LogP contribution >= 0.6 is 11.3 Å². The molecule has 1 aromatic heterocycles. The fraction of sp³-hybridized carbons (Fsp3) is 0.692. The molecule has 0 unspecified atom stereocenters. The smallest absolute Gasteiger partial charge is 0.341 e. The minimum atomic E-state index is -0.500. The first-order valence-electron chi connectivity index (χ1n) is 24.4. The Hall–Kier alpha value is -3.30. The highest BCUT2D eigenvalue weighted by molar-refractivity contribution is 7.17. The first-order chi connectivity index (χ1) is 29.7. The van der Waals surface area contributed by atoms with Crippen LogP contribution in [0.1, 0.15) is 209 Å². The number of nitrogens with zero attached hydrogens (tertiary/aromatic N) is 3. The molecule has 0 radical (unpaired) electrons. The van der Waals surface area contributed by atoms with Gasteiger partial charge in [-0.3, -0.25) is 14.4 Å². The Bertz CT molecular complexity index is 1430. The number of hydrogen-bond acceptors (Lipinski definition) is 7. The lowest BCUT2D eigenvalue weighted by Crippen LogP contribution is -2.37. The Kier molecular flexibility index (Phi) is 31.1. The summed E-state index contributed by atoms with van der Waals surface area (Å²) in [7, 11) is 4.00. The van der Waals surface area contributed by atoms with E-state index >= 15 is 0 Å². The van der Waals surface area contributed by atoms with E-state index in [4.69, 9.17) is 4.74 Å². The largest absolute Gasteiger partial charge is 0.462 e. The second kappa shape index (κ2) is 35.2. The molecule has 3 amide bonds. The normalized spacial score (nSPS) is 13.1. The molecule has 0 bridgehead atoms. The number of rotatable bonds is 35. The van der Waals surface area contributed by atoms with E-state index in [1.54, 1.807) is 6.92 Å². The number of thiophene rings is 1. The summed E-state index contributed by atoms with van der Waals surface area (Å²) in [6.45, 7) is 8.14. The number of carbonyl (C=O) groups is 4. The van der Waals surface area contributed by atoms with Crippen LogP contribution in [0, 0.1) is 0 Å². The number of imide groups is 1. The van der Waals surface area contributed by atoms with Gasteiger partial charge in [0, 0.05) is 30.7 Å². The van der Waals surface area contributed by atoms with Crippen LogP contribution < -0.4 is 4.90 Å². The Labute approximate surface area is 376 Å². The zero-order chi connectivity index (χ0) is 44.3. The van der Waals surface area contributed by atoms with Crippen molar-refractivity contribution in [3.63, 3.8) is 0 Å². The van der Waals surface area contributed by atoms with E-state index in [9.17, 15) is 19.2 Å². The molecular weight excluding hydrogens is 779 g/mol. The molecule has 1 aromatic rings. The van der Waals surface area contributed by atoms with Gasteiger partial charge in [0.2, 0.25) is 17.7 Å². The molecular formula is C52H85N3O5S. The quantitative estimate of drug-likeness (QED) is 0.0384. The summed E-state index contributed by atoms with van der Waals surface area (Å²) in [6.07, 6.45) is 44.3. The van der Waals surface area contributed by atoms with Crippen LogP contribution in [0.2, 0.25) is 0 Å². The molecule has 0 saturated carbocycles. The fourth-order valence-corrected chi connectivity index (χ4v) is 9.03. The summed E-state index contributed by atoms with van der Waals surface area (Å²) in [5, 5.41) is 0.380. The second-order valence-corrected chi connectivity index (χ2v) is 18.0. The lowest BCUT2D eigenvalue weighted by atomic mass is 10.0. The van der Waals surface area contributed by atoms with Gasteiger partial charge in [-0.2, -0.15) is 0 Å². The van der Waals surface area contributed by atoms with Crippen molar-refractivity contribution < 1.29 is 23.9 Å². The van der Waals surface area contributed by atoms with E-state index < -0.39 is 5.97 Å². The predicted molar refractivity (Wildman–Crippen MR) is 258 cm³/mol. The number of allylic oxidation sites excluding steroid dienone is 8. The fourth-order valence-electron chi connectivity index (χ4n) is 7.64. The van der Waals surface area contributed by atoms with Crippen molar-refractivity contribution in [1.82, 2.24) is 9.80 Å². The van der Waals surface area contributed by atoms with Gasteiger partial charge >= 0.3 is 5.97 Å². The van der Waals surface area contributed by atoms with Gasteiger partial charge in [-0.25, -0.2) is 9.69 Å². The number of hydrogen-bond donors (Lipinski definition) is 0. The number of unbranched alkanes of at least 4 members (excludes halogenated alkanes) is 16. The van der Waals surface area contributed by atoms with E-state index in [0.29, 0.717) is 49.3 Å². The third-order valence-corrected chi connectivity index (χ3v) is 12.5. The van der Waals surface area contributed by atoms with Crippen molar-refractivity contribution in [2.75, 3.05) is 38.7 Å². The maximum atomic E-state index is 14.1. The summed E-state index contributed by atoms with van der Waals surface area (Å²) in [4.78, 5) is 61.2. The van der Waals surface area contributed by atoms with Crippen LogP contribution in [0.3, 0.4) is 0 Å². The molecule has 0 fully saturated rings. The minimum Gasteiger partial charge on any atom is -0.462 e. The molecule has 0 spiro atoms. The third-order valence-electron chi connectivity index (χ3n) is 11.3. The summed E-state index contributed by atoms with van der Waals surface area (Å²) < 4.78 is 5.55. The molecule has 0 atom stereocenters. The predicted octanol–water partition coefficient (Wildman–Crippen LogP) is 13.6. The first kappa shape index (κ1) is 53.8. The highest BCUT2D eigenvalue weighted by Gasteiger charge is 2.36. The zero-order valence-electron chi connectivity index (χ0n) is 39.3. The van der Waals surface area contributed by atoms with Crippen LogP contribution in [0.5, 0.6) is 0 Å². The molecule has 2 rings (SSSR count). The molecule has 0 aromatic carbocycles. The number of esters is 1. The molecule has 8 nitrogen and oxygen atoms in total. The molecule has 0 saturated heterocycles. The van der Waals surface area contributed by atoms with E-state index in [-0.39, 0.29) is 37.2 Å². The maximum absolute atomic E-state index is 14.1. The molecule has 0 N–H and O–H groups in total. The number of amides is 3. The topological polar surface area (TPSA) is 87.2 Å². The molecule has 9 heteroatoms. The SMILES string of the molecule is CCCCC/C=C\C/C=C\CCCCCCCC(=O)N(C(=O)CCCCCCC/C=C\C/C=C\CCCCC)c1sc2c(c1C(=O)OCC)CCN(C(=O)CCCN(C)C)C2. The van der Waals surface area contributed by atoms with Crippen LogP contribution in [-0.4, -0.2) is 67.3 Å². The number of fused-ring (bicyclic) bond motifs is 1. The van der Waals surface area contributed by atoms with E-state index in [2.05, 4.69) is 67.4 Å². The van der Waals surface area contributed by atoms with Crippen LogP contribution in [-0.2, 0) is 32.1 Å². The van der Waals surface area contributed by atoms with Gasteiger partial charge < -0.3 is 14.5 Å². The Morgan fingerprint density at radius 2 is 1.08 bits per heavy atom. The Morgan fingerprint density at radius 3 is 1.56 bits per heavy atom. The summed E-state index contributed by atoms with van der Waals surface area (Å²) >= 11 is 1.32. The van der Waals surface area contributed by atoms with E-state index in [0.717, 1.165) is 100 Å². The van der Waals surface area contributed by atoms with Gasteiger partial charge in [-0.1, -0.05) is 127 Å². The van der Waals surface area contributed by atoms with Crippen LogP contribution in [0.4, 0.5) is 5.00 Å². The highest BCUT2D eigenvalue weighted by atomic mass is 32.1. The number of ether oxygens (including phenoxy) is 1. The maximum Gasteiger partial charge on any atom is 0.341 e. The third kappa shape index (κ3) is 23.6. The molecule has 0 aliphatic carbocycles. The first-order valence-corrected chi connectivity index (χ1v) is 25.3. The van der Waals surface area contributed by atoms with Gasteiger partial charge in [-0.05, 0) is 123 Å². The van der Waals surface area contributed by atoms with Gasteiger partial charge in [-0.15, -0.1) is 11.3 Å². The molecule has 1 aliphatic rings. The van der Waals surface area contributed by atoms with Crippen molar-refractivity contribution in [2.24, 2.45) is 0 Å². The van der Waals surface area contributed by atoms with Crippen LogP contribution in [0.25, 0.3) is 0 Å². The Balaban J connectivity index is 2.03. The molecule has 344 valence electrons. The summed E-state index contributed by atoms with van der Waals surface area (Å²) in [5.41, 5.74) is 1.15. The van der Waals surface area contributed by atoms with E-state index in [1.165, 1.54) is 67.6 Å². The summed E-state index contributed by atoms with van der Waals surface area (Å²) in [6, 6.07) is 0. The zero-order valence-corrected chi connectivity index (χ0v) is 40.1. The monoisotopic (exact) mass is 864 g/mol. The van der Waals surface area contributed by atoms with Crippen molar-refractivity contribution in [3.05, 3.63) is 64.6 Å². The molecule has 1 aliphatic heterocycles. The number of carbonyl (C=O) groups excluding carboxylic acids is 4. The van der Waals surface area contributed by atoms with Crippen molar-refractivity contribution in [3.8, 4) is 0 Å². The lowest BCUT2D eigenvalue weighted by Gasteiger charge is -2.27. The van der Waals surface area contributed by atoms with Crippen molar-refractivity contribution >= 4 is 40.0 Å². The average molecular weight is 864 g/mol. The van der Waals surface area contributed by atoms with Crippen LogP contribution in [0.15, 0.2) is 48.6 Å².